The predicted octanol–water partition coefficient (Wildman–Crippen LogP) is 0.0365. The lowest BCUT2D eigenvalue weighted by Crippen LogP contribution is -2.48. The molecular formula is C11H22N2O3S. The van der Waals surface area contributed by atoms with E-state index in [1.165, 1.54) is 12.7 Å². The van der Waals surface area contributed by atoms with Crippen LogP contribution in [0.25, 0.3) is 0 Å². The largest absolute Gasteiger partial charge is 0.378 e. The van der Waals surface area contributed by atoms with Crippen molar-refractivity contribution in [3.8, 4) is 0 Å². The van der Waals surface area contributed by atoms with Crippen molar-refractivity contribution >= 4 is 10.0 Å². The molecule has 0 amide bonds. The summed E-state index contributed by atoms with van der Waals surface area (Å²) in [6.45, 7) is 4.30. The monoisotopic (exact) mass is 262 g/mol. The molecule has 1 N–H and O–H groups in total. The summed E-state index contributed by atoms with van der Waals surface area (Å²) in [4.78, 5) is 2.34. The molecule has 0 aromatic carbocycles. The van der Waals surface area contributed by atoms with Crippen LogP contribution in [0.2, 0.25) is 0 Å². The van der Waals surface area contributed by atoms with Crippen molar-refractivity contribution in [2.24, 2.45) is 5.92 Å². The molecule has 6 heteroatoms. The van der Waals surface area contributed by atoms with E-state index in [1.54, 1.807) is 0 Å². The zero-order valence-corrected chi connectivity index (χ0v) is 11.2. The number of likely N-dealkylation sites (tertiary alicyclic amines) is 1. The Labute approximate surface area is 104 Å². The Kier molecular flexibility index (Phi) is 4.41. The van der Waals surface area contributed by atoms with Crippen molar-refractivity contribution in [2.75, 3.05) is 39.0 Å². The van der Waals surface area contributed by atoms with Crippen molar-refractivity contribution in [1.82, 2.24) is 9.62 Å². The highest BCUT2D eigenvalue weighted by molar-refractivity contribution is 7.88. The van der Waals surface area contributed by atoms with Gasteiger partial charge in [0.15, 0.2) is 0 Å². The van der Waals surface area contributed by atoms with Crippen molar-refractivity contribution < 1.29 is 13.2 Å². The van der Waals surface area contributed by atoms with Gasteiger partial charge in [-0.1, -0.05) is 0 Å². The minimum absolute atomic E-state index is 0.447. The van der Waals surface area contributed by atoms with E-state index in [0.29, 0.717) is 18.6 Å². The fourth-order valence-electron chi connectivity index (χ4n) is 2.76. The molecule has 5 nitrogen and oxygen atoms in total. The summed E-state index contributed by atoms with van der Waals surface area (Å²) < 4.78 is 30.2. The molecule has 100 valence electrons. The van der Waals surface area contributed by atoms with Crippen molar-refractivity contribution in [3.05, 3.63) is 0 Å². The number of rotatable bonds is 4. The number of ether oxygens (including phenoxy) is 1. The second-order valence-corrected chi connectivity index (χ2v) is 6.90. The molecule has 0 aliphatic carbocycles. The second kappa shape index (κ2) is 5.65. The minimum atomic E-state index is -3.05. The SMILES string of the molecule is CS(=O)(=O)NCCN1CCC2OCCCC2C1. The zero-order chi connectivity index (χ0) is 12.3. The molecular weight excluding hydrogens is 240 g/mol. The van der Waals surface area contributed by atoms with Gasteiger partial charge in [-0.3, -0.25) is 0 Å². The van der Waals surface area contributed by atoms with Crippen molar-refractivity contribution in [1.29, 1.82) is 0 Å². The highest BCUT2D eigenvalue weighted by atomic mass is 32.2. The number of hydrogen-bond acceptors (Lipinski definition) is 4. The van der Waals surface area contributed by atoms with Crippen LogP contribution in [0.5, 0.6) is 0 Å². The van der Waals surface area contributed by atoms with Crippen LogP contribution in [0.1, 0.15) is 19.3 Å². The Morgan fingerprint density at radius 2 is 2.24 bits per heavy atom. The Hall–Kier alpha value is -0.170. The highest BCUT2D eigenvalue weighted by Crippen LogP contribution is 2.27. The van der Waals surface area contributed by atoms with Gasteiger partial charge in [0.1, 0.15) is 0 Å². The minimum Gasteiger partial charge on any atom is -0.378 e. The standard InChI is InChI=1S/C11H22N2O3S/c1-17(14,15)12-5-7-13-6-4-11-10(9-13)3-2-8-16-11/h10-12H,2-9H2,1H3. The Morgan fingerprint density at radius 3 is 3.00 bits per heavy atom. The lowest BCUT2D eigenvalue weighted by molar-refractivity contribution is -0.0657. The van der Waals surface area contributed by atoms with E-state index in [4.69, 9.17) is 4.74 Å². The molecule has 2 rings (SSSR count). The molecule has 0 aromatic heterocycles. The summed E-state index contributed by atoms with van der Waals surface area (Å²) in [7, 11) is -3.05. The van der Waals surface area contributed by atoms with E-state index in [1.807, 2.05) is 0 Å². The molecule has 0 spiro atoms. The predicted molar refractivity (Wildman–Crippen MR) is 66.4 cm³/mol. The van der Waals surface area contributed by atoms with E-state index in [-0.39, 0.29) is 0 Å². The lowest BCUT2D eigenvalue weighted by Gasteiger charge is -2.41. The molecule has 2 atom stereocenters. The Bertz CT molecular complexity index is 345. The summed E-state index contributed by atoms with van der Waals surface area (Å²) in [6.07, 6.45) is 5.15. The summed E-state index contributed by atoms with van der Waals surface area (Å²) in [5.41, 5.74) is 0. The summed E-state index contributed by atoms with van der Waals surface area (Å²) in [6, 6.07) is 0. The smallest absolute Gasteiger partial charge is 0.208 e. The Balaban J connectivity index is 1.72. The van der Waals surface area contributed by atoms with Crippen LogP contribution in [0.4, 0.5) is 0 Å². The molecule has 2 fully saturated rings. The molecule has 2 saturated heterocycles. The second-order valence-electron chi connectivity index (χ2n) is 5.07. The number of fused-ring (bicyclic) bond motifs is 1. The molecule has 17 heavy (non-hydrogen) atoms. The highest BCUT2D eigenvalue weighted by Gasteiger charge is 2.31. The van der Waals surface area contributed by atoms with Crippen LogP contribution in [-0.4, -0.2) is 58.5 Å². The van der Waals surface area contributed by atoms with Gasteiger partial charge in [0.2, 0.25) is 10.0 Å². The van der Waals surface area contributed by atoms with Gasteiger partial charge in [0, 0.05) is 32.8 Å². The van der Waals surface area contributed by atoms with Gasteiger partial charge < -0.3 is 9.64 Å². The molecule has 2 unspecified atom stereocenters. The maximum absolute atomic E-state index is 11.0. The number of hydrogen-bond donors (Lipinski definition) is 1. The third-order valence-electron chi connectivity index (χ3n) is 3.59. The normalized spacial score (nSPS) is 31.1. The van der Waals surface area contributed by atoms with Crippen molar-refractivity contribution in [2.45, 2.75) is 25.4 Å². The first-order chi connectivity index (χ1) is 8.04. The van der Waals surface area contributed by atoms with Gasteiger partial charge in [0.05, 0.1) is 12.4 Å². The van der Waals surface area contributed by atoms with Crippen LogP contribution < -0.4 is 4.72 Å². The van der Waals surface area contributed by atoms with E-state index >= 15 is 0 Å². The summed E-state index contributed by atoms with van der Waals surface area (Å²) in [5.74, 6) is 0.649. The average Bonchev–Trinajstić information content (AvgIpc) is 2.27. The fourth-order valence-corrected chi connectivity index (χ4v) is 3.22. The maximum atomic E-state index is 11.0. The van der Waals surface area contributed by atoms with Gasteiger partial charge >= 0.3 is 0 Å². The van der Waals surface area contributed by atoms with Crippen molar-refractivity contribution in [3.63, 3.8) is 0 Å². The molecule has 0 bridgehead atoms. The van der Waals surface area contributed by atoms with E-state index in [0.717, 1.165) is 39.1 Å². The number of nitrogens with zero attached hydrogens (tertiary/aromatic N) is 1. The summed E-state index contributed by atoms with van der Waals surface area (Å²) in [5, 5.41) is 0. The fraction of sp³-hybridized carbons (Fsp3) is 1.00. The van der Waals surface area contributed by atoms with Gasteiger partial charge in [-0.25, -0.2) is 13.1 Å². The Morgan fingerprint density at radius 1 is 1.41 bits per heavy atom. The van der Waals surface area contributed by atoms with Crippen LogP contribution in [0.3, 0.4) is 0 Å². The van der Waals surface area contributed by atoms with Crippen LogP contribution in [0, 0.1) is 5.92 Å². The zero-order valence-electron chi connectivity index (χ0n) is 10.4. The molecule has 2 heterocycles. The molecule has 0 radical (unpaired) electrons. The topological polar surface area (TPSA) is 58.6 Å². The van der Waals surface area contributed by atoms with E-state index < -0.39 is 10.0 Å². The van der Waals surface area contributed by atoms with E-state index in [9.17, 15) is 8.42 Å². The van der Waals surface area contributed by atoms with Crippen LogP contribution in [0.15, 0.2) is 0 Å². The third kappa shape index (κ3) is 4.21. The third-order valence-corrected chi connectivity index (χ3v) is 4.32. The maximum Gasteiger partial charge on any atom is 0.208 e. The number of nitrogens with one attached hydrogen (secondary N) is 1. The molecule has 2 aliphatic rings. The lowest BCUT2D eigenvalue weighted by atomic mass is 9.88. The molecule has 0 saturated carbocycles. The molecule has 0 aromatic rings. The van der Waals surface area contributed by atoms with Crippen LogP contribution in [-0.2, 0) is 14.8 Å². The van der Waals surface area contributed by atoms with Crippen LogP contribution >= 0.6 is 0 Å². The quantitative estimate of drug-likeness (QED) is 0.777. The first-order valence-corrected chi connectivity index (χ1v) is 8.22. The van der Waals surface area contributed by atoms with E-state index in [2.05, 4.69) is 9.62 Å². The van der Waals surface area contributed by atoms with Gasteiger partial charge in [-0.05, 0) is 25.2 Å². The first kappa shape index (κ1) is 13.3. The number of sulfonamides is 1. The number of piperidine rings is 1. The summed E-state index contributed by atoms with van der Waals surface area (Å²) >= 11 is 0. The van der Waals surface area contributed by atoms with Gasteiger partial charge in [0.25, 0.3) is 0 Å². The van der Waals surface area contributed by atoms with Gasteiger partial charge in [-0.2, -0.15) is 0 Å². The van der Waals surface area contributed by atoms with Gasteiger partial charge in [-0.15, -0.1) is 0 Å². The average molecular weight is 262 g/mol. The molecule has 2 aliphatic heterocycles. The first-order valence-electron chi connectivity index (χ1n) is 6.33.